The van der Waals surface area contributed by atoms with Crippen LogP contribution in [0, 0.1) is 0 Å². The minimum atomic E-state index is -1.53. The number of rotatable bonds is 12. The highest BCUT2D eigenvalue weighted by Crippen LogP contribution is 2.45. The van der Waals surface area contributed by atoms with Gasteiger partial charge in [-0.25, -0.2) is 0 Å². The van der Waals surface area contributed by atoms with Crippen molar-refractivity contribution in [2.45, 2.75) is 30.4 Å². The van der Waals surface area contributed by atoms with E-state index in [-0.39, 0.29) is 11.6 Å². The highest BCUT2D eigenvalue weighted by molar-refractivity contribution is 6.35. The third-order valence-corrected chi connectivity index (χ3v) is 10.9. The molecule has 0 saturated heterocycles. The lowest BCUT2D eigenvalue weighted by atomic mass is 9.70. The van der Waals surface area contributed by atoms with Gasteiger partial charge in [0, 0.05) is 22.9 Å². The Labute approximate surface area is 330 Å². The fourth-order valence-electron chi connectivity index (χ4n) is 7.17. The van der Waals surface area contributed by atoms with Gasteiger partial charge in [0.15, 0.2) is 11.6 Å². The van der Waals surface area contributed by atoms with Crippen molar-refractivity contribution >= 4 is 34.8 Å². The van der Waals surface area contributed by atoms with Crippen molar-refractivity contribution in [2.75, 3.05) is 0 Å². The van der Waals surface area contributed by atoms with Crippen molar-refractivity contribution in [1.82, 2.24) is 0 Å². The van der Waals surface area contributed by atoms with Crippen LogP contribution in [0.15, 0.2) is 170 Å². The van der Waals surface area contributed by atoms with Gasteiger partial charge in [0.05, 0.1) is 0 Å². The highest BCUT2D eigenvalue weighted by atomic mass is 35.5. The predicted molar refractivity (Wildman–Crippen MR) is 220 cm³/mol. The molecule has 6 heteroatoms. The minimum absolute atomic E-state index is 0.245. The molecular weight excluding hydrogens is 723 g/mol. The van der Waals surface area contributed by atoms with Crippen LogP contribution >= 0.6 is 23.2 Å². The summed E-state index contributed by atoms with van der Waals surface area (Å²) in [5.41, 5.74) is 9.16. The lowest BCUT2D eigenvalue weighted by Crippen LogP contribution is -2.39. The van der Waals surface area contributed by atoms with Gasteiger partial charge in [-0.1, -0.05) is 146 Å². The maximum atomic E-state index is 14.4. The molecule has 270 valence electrons. The number of carbonyl (C=O) groups is 2. The van der Waals surface area contributed by atoms with Gasteiger partial charge in [-0.15, -0.1) is 23.2 Å². The molecule has 7 aromatic carbocycles. The molecule has 4 nitrogen and oxygen atoms in total. The first-order valence-corrected chi connectivity index (χ1v) is 19.2. The summed E-state index contributed by atoms with van der Waals surface area (Å²) in [7, 11) is 0. The van der Waals surface area contributed by atoms with Crippen LogP contribution in [0.4, 0.5) is 0 Å². The Kier molecular flexibility index (Phi) is 10.4. The molecule has 7 aromatic rings. The summed E-state index contributed by atoms with van der Waals surface area (Å²) >= 11 is 11.9. The summed E-state index contributed by atoms with van der Waals surface area (Å²) in [6.07, 6.45) is 0. The number of hydrogen-bond acceptors (Lipinski definition) is 4. The smallest absolute Gasteiger partial charge is 0.186 e. The molecular formula is C49H36Cl2O4. The number of halogens is 2. The summed E-state index contributed by atoms with van der Waals surface area (Å²) in [5, 5.41) is 0. The van der Waals surface area contributed by atoms with Gasteiger partial charge >= 0.3 is 0 Å². The van der Waals surface area contributed by atoms with Gasteiger partial charge in [-0.3, -0.25) is 9.59 Å². The third-order valence-electron chi connectivity index (χ3n) is 10.3. The van der Waals surface area contributed by atoms with Crippen LogP contribution in [0.25, 0.3) is 22.3 Å². The number of ketones is 2. The van der Waals surface area contributed by atoms with Gasteiger partial charge in [-0.05, 0) is 79.9 Å². The molecule has 0 spiro atoms. The van der Waals surface area contributed by atoms with E-state index < -0.39 is 5.41 Å². The van der Waals surface area contributed by atoms with E-state index in [1.54, 1.807) is 24.3 Å². The number of carbonyl (C=O) groups excluding carboxylic acids is 2. The second kappa shape index (κ2) is 15.8. The Morgan fingerprint density at radius 1 is 0.382 bits per heavy atom. The average Bonchev–Trinajstić information content (AvgIpc) is 3.48. The number of alkyl halides is 2. The maximum absolute atomic E-state index is 14.4. The quantitative estimate of drug-likeness (QED) is 0.0919. The van der Waals surface area contributed by atoms with E-state index in [1.807, 2.05) is 97.1 Å². The van der Waals surface area contributed by atoms with E-state index in [0.29, 0.717) is 58.7 Å². The van der Waals surface area contributed by atoms with Crippen molar-refractivity contribution < 1.29 is 19.1 Å². The van der Waals surface area contributed by atoms with E-state index in [2.05, 4.69) is 48.5 Å². The van der Waals surface area contributed by atoms with Gasteiger partial charge in [0.1, 0.15) is 30.1 Å². The lowest BCUT2D eigenvalue weighted by molar-refractivity contribution is 0.0829. The standard InChI is InChI=1S/C49H36Cl2O4/c50-29-33-5-13-37(14-6-33)39-17-9-35(10-18-39)31-54-43-25-21-41(22-26-43)49(47(52)45-3-1-2-4-46(45)48(49)53)42-23-27-44(28-24-42)55-32-36-11-19-40(20-12-36)38-15-7-34(30-51)8-16-38/h1-28H,29-32H2. The van der Waals surface area contributed by atoms with E-state index in [4.69, 9.17) is 32.7 Å². The molecule has 1 aliphatic rings. The van der Waals surface area contributed by atoms with Crippen LogP contribution in [0.2, 0.25) is 0 Å². The second-order valence-corrected chi connectivity index (χ2v) is 14.2. The van der Waals surface area contributed by atoms with Crippen LogP contribution in [0.5, 0.6) is 11.5 Å². The topological polar surface area (TPSA) is 52.6 Å². The van der Waals surface area contributed by atoms with E-state index in [9.17, 15) is 9.59 Å². The molecule has 0 atom stereocenters. The average molecular weight is 760 g/mol. The van der Waals surface area contributed by atoms with Gasteiger partial charge in [0.25, 0.3) is 0 Å². The van der Waals surface area contributed by atoms with Crippen molar-refractivity contribution in [1.29, 1.82) is 0 Å². The second-order valence-electron chi connectivity index (χ2n) is 13.6. The lowest BCUT2D eigenvalue weighted by Gasteiger charge is -2.27. The largest absolute Gasteiger partial charge is 0.489 e. The summed E-state index contributed by atoms with van der Waals surface area (Å²) in [6, 6.07) is 54.6. The van der Waals surface area contributed by atoms with Crippen LogP contribution in [0.1, 0.15) is 54.1 Å². The normalized spacial score (nSPS) is 13.1. The van der Waals surface area contributed by atoms with Gasteiger partial charge < -0.3 is 9.47 Å². The maximum Gasteiger partial charge on any atom is 0.186 e. The van der Waals surface area contributed by atoms with Crippen molar-refractivity contribution in [2.24, 2.45) is 0 Å². The van der Waals surface area contributed by atoms with Gasteiger partial charge in [0.2, 0.25) is 0 Å². The van der Waals surface area contributed by atoms with Crippen LogP contribution in [0.3, 0.4) is 0 Å². The number of hydrogen-bond donors (Lipinski definition) is 0. The first-order valence-electron chi connectivity index (χ1n) is 18.1. The Bertz CT molecular complexity index is 2260. The zero-order valence-electron chi connectivity index (χ0n) is 29.9. The Morgan fingerprint density at radius 3 is 1.00 bits per heavy atom. The summed E-state index contributed by atoms with van der Waals surface area (Å²) in [5.74, 6) is 1.76. The third kappa shape index (κ3) is 7.19. The Balaban J connectivity index is 0.982. The first-order chi connectivity index (χ1) is 27.0. The summed E-state index contributed by atoms with van der Waals surface area (Å²) in [4.78, 5) is 28.7. The first kappa shape index (κ1) is 36.1. The number of Topliss-reactive ketones (excluding diaryl/α,β-unsaturated/α-hetero) is 2. The zero-order chi connectivity index (χ0) is 37.8. The van der Waals surface area contributed by atoms with Crippen LogP contribution < -0.4 is 9.47 Å². The molecule has 55 heavy (non-hydrogen) atoms. The molecule has 8 rings (SSSR count). The highest BCUT2D eigenvalue weighted by Gasteiger charge is 2.55. The minimum Gasteiger partial charge on any atom is -0.489 e. The molecule has 0 aromatic heterocycles. The number of fused-ring (bicyclic) bond motifs is 1. The fraction of sp³-hybridized carbons (Fsp3) is 0.102. The van der Waals surface area contributed by atoms with E-state index in [1.165, 1.54) is 0 Å². The molecule has 0 unspecified atom stereocenters. The van der Waals surface area contributed by atoms with Crippen LogP contribution in [-0.2, 0) is 30.4 Å². The molecule has 0 amide bonds. The van der Waals surface area contributed by atoms with E-state index >= 15 is 0 Å². The molecule has 0 fully saturated rings. The molecule has 0 radical (unpaired) electrons. The Morgan fingerprint density at radius 2 is 0.691 bits per heavy atom. The monoisotopic (exact) mass is 758 g/mol. The van der Waals surface area contributed by atoms with E-state index in [0.717, 1.165) is 44.5 Å². The van der Waals surface area contributed by atoms with Gasteiger partial charge in [-0.2, -0.15) is 0 Å². The van der Waals surface area contributed by atoms with Crippen molar-refractivity contribution in [3.63, 3.8) is 0 Å². The van der Waals surface area contributed by atoms with Crippen molar-refractivity contribution in [3.05, 3.63) is 214 Å². The SMILES string of the molecule is O=C1c2ccccc2C(=O)C1(c1ccc(OCc2ccc(-c3ccc(CCl)cc3)cc2)cc1)c1ccc(OCc2ccc(-c3ccc(CCl)cc3)cc2)cc1. The molecule has 0 heterocycles. The Hall–Kier alpha value is -5.94. The number of benzene rings is 7. The predicted octanol–water partition coefficient (Wildman–Crippen LogP) is 12.0. The molecule has 0 N–H and O–H groups in total. The number of ether oxygens (including phenoxy) is 2. The summed E-state index contributed by atoms with van der Waals surface area (Å²) in [6.45, 7) is 0.737. The van der Waals surface area contributed by atoms with Crippen molar-refractivity contribution in [3.8, 4) is 33.8 Å². The fourth-order valence-corrected chi connectivity index (χ4v) is 7.53. The molecule has 0 saturated carbocycles. The molecule has 0 bridgehead atoms. The molecule has 1 aliphatic carbocycles. The summed E-state index contributed by atoms with van der Waals surface area (Å²) < 4.78 is 12.3. The van der Waals surface area contributed by atoms with Crippen LogP contribution in [-0.4, -0.2) is 11.6 Å². The zero-order valence-corrected chi connectivity index (χ0v) is 31.4. The molecule has 0 aliphatic heterocycles.